The van der Waals surface area contributed by atoms with Crippen LogP contribution in [0.3, 0.4) is 0 Å². The number of rotatable bonds is 5. The molecule has 0 unspecified atom stereocenters. The first-order chi connectivity index (χ1) is 13.8. The van der Waals surface area contributed by atoms with Gasteiger partial charge in [-0.15, -0.1) is 0 Å². The molecule has 0 aliphatic heterocycles. The topological polar surface area (TPSA) is 66.1 Å². The van der Waals surface area contributed by atoms with E-state index in [9.17, 15) is 22.8 Å². The van der Waals surface area contributed by atoms with Gasteiger partial charge in [0.2, 0.25) is 0 Å². The minimum absolute atomic E-state index is 0.0545. The third-order valence-electron chi connectivity index (χ3n) is 4.04. The third kappa shape index (κ3) is 4.36. The summed E-state index contributed by atoms with van der Waals surface area (Å²) < 4.78 is 48.2. The number of hydrogen-bond acceptors (Lipinski definition) is 4. The first kappa shape index (κ1) is 21.1. The van der Waals surface area contributed by atoms with Crippen LogP contribution in [-0.2, 0) is 15.3 Å². The van der Waals surface area contributed by atoms with Crippen molar-refractivity contribution in [3.63, 3.8) is 0 Å². The molecule has 0 atom stereocenters. The second-order valence-electron chi connectivity index (χ2n) is 5.93. The predicted octanol–water partition coefficient (Wildman–Crippen LogP) is 4.15. The van der Waals surface area contributed by atoms with Crippen LogP contribution in [-0.4, -0.2) is 26.9 Å². The van der Waals surface area contributed by atoms with Crippen molar-refractivity contribution in [1.82, 2.24) is 14.3 Å². The van der Waals surface area contributed by atoms with Crippen LogP contribution >= 0.6 is 22.6 Å². The summed E-state index contributed by atoms with van der Waals surface area (Å²) in [6.07, 6.45) is -2.37. The summed E-state index contributed by atoms with van der Waals surface area (Å²) in [4.78, 5) is 24.1. The van der Waals surface area contributed by atoms with Crippen LogP contribution in [0.25, 0.3) is 11.4 Å². The van der Waals surface area contributed by atoms with Gasteiger partial charge in [-0.25, -0.2) is 9.48 Å². The summed E-state index contributed by atoms with van der Waals surface area (Å²) in [6.45, 7) is 1.45. The molecule has 3 aromatic rings. The molecular formula is C19H15F3IN3O3. The van der Waals surface area contributed by atoms with E-state index in [2.05, 4.69) is 27.7 Å². The van der Waals surface area contributed by atoms with Gasteiger partial charge in [0.25, 0.3) is 5.56 Å². The van der Waals surface area contributed by atoms with Gasteiger partial charge in [0, 0.05) is 22.4 Å². The predicted molar refractivity (Wildman–Crippen MR) is 108 cm³/mol. The minimum atomic E-state index is -4.82. The molecule has 6 nitrogen and oxygen atoms in total. The number of pyridine rings is 1. The Hall–Kier alpha value is -2.63. The first-order valence-corrected chi connectivity index (χ1v) is 9.99. The molecule has 0 saturated carbocycles. The Morgan fingerprint density at radius 3 is 2.38 bits per heavy atom. The molecule has 0 fully saturated rings. The molecular weight excluding hydrogens is 502 g/mol. The van der Waals surface area contributed by atoms with Gasteiger partial charge >= 0.3 is 12.1 Å². The zero-order chi connectivity index (χ0) is 21.2. The summed E-state index contributed by atoms with van der Waals surface area (Å²) in [5.41, 5.74) is -0.659. The van der Waals surface area contributed by atoms with Gasteiger partial charge in [-0.1, -0.05) is 22.6 Å². The van der Waals surface area contributed by atoms with E-state index >= 15 is 0 Å². The Kier molecular flexibility index (Phi) is 6.10. The average molecular weight is 517 g/mol. The van der Waals surface area contributed by atoms with E-state index in [0.29, 0.717) is 14.8 Å². The molecule has 0 bridgehead atoms. The van der Waals surface area contributed by atoms with Gasteiger partial charge in [0.05, 0.1) is 18.5 Å². The van der Waals surface area contributed by atoms with Crippen molar-refractivity contribution in [3.05, 3.63) is 76.0 Å². The molecule has 2 heterocycles. The summed E-state index contributed by atoms with van der Waals surface area (Å²) >= 11 is 2.15. The van der Waals surface area contributed by atoms with E-state index in [4.69, 9.17) is 4.74 Å². The first-order valence-electron chi connectivity index (χ1n) is 8.47. The number of esters is 1. The van der Waals surface area contributed by atoms with Crippen LogP contribution in [0.4, 0.5) is 13.2 Å². The Labute approximate surface area is 177 Å². The molecule has 0 amide bonds. The summed E-state index contributed by atoms with van der Waals surface area (Å²) in [5, 5.41) is 3.73. The number of halogens is 4. The standard InChI is InChI=1S/C19H15F3IN3O3/c1-2-29-18(28)15-11-24-26(17(15)19(20,21)22)14-5-3-13(4-6-14)25-8-7-12(10-23)9-16(25)27/h3-9,11H,2,10H2,1H3. The summed E-state index contributed by atoms with van der Waals surface area (Å²) in [5.74, 6) is -1.09. The maximum absolute atomic E-state index is 13.6. The normalized spacial score (nSPS) is 11.5. The van der Waals surface area contributed by atoms with E-state index in [1.54, 1.807) is 12.3 Å². The van der Waals surface area contributed by atoms with Crippen LogP contribution in [0.1, 0.15) is 28.5 Å². The van der Waals surface area contributed by atoms with Crippen LogP contribution in [0.5, 0.6) is 0 Å². The van der Waals surface area contributed by atoms with Crippen molar-refractivity contribution in [2.75, 3.05) is 6.61 Å². The smallest absolute Gasteiger partial charge is 0.434 e. The number of carbonyl (C=O) groups excluding carboxylic acids is 1. The lowest BCUT2D eigenvalue weighted by molar-refractivity contribution is -0.143. The highest BCUT2D eigenvalue weighted by Crippen LogP contribution is 2.34. The van der Waals surface area contributed by atoms with Gasteiger partial charge in [0.1, 0.15) is 5.56 Å². The number of aromatic nitrogens is 3. The van der Waals surface area contributed by atoms with E-state index in [1.165, 1.54) is 41.8 Å². The Balaban J connectivity index is 2.02. The number of nitrogens with zero attached hydrogens (tertiary/aromatic N) is 3. The Bertz CT molecular complexity index is 1090. The van der Waals surface area contributed by atoms with E-state index in [0.717, 1.165) is 11.8 Å². The maximum atomic E-state index is 13.6. The highest BCUT2D eigenvalue weighted by atomic mass is 127. The van der Waals surface area contributed by atoms with Crippen molar-refractivity contribution >= 4 is 28.6 Å². The maximum Gasteiger partial charge on any atom is 0.434 e. The fourth-order valence-corrected chi connectivity index (χ4v) is 3.22. The number of alkyl halides is 4. The zero-order valence-corrected chi connectivity index (χ0v) is 17.3. The zero-order valence-electron chi connectivity index (χ0n) is 15.1. The molecule has 3 rings (SSSR count). The summed E-state index contributed by atoms with van der Waals surface area (Å²) in [7, 11) is 0. The number of carbonyl (C=O) groups is 1. The Morgan fingerprint density at radius 1 is 1.17 bits per heavy atom. The molecule has 1 aromatic carbocycles. The highest BCUT2D eigenvalue weighted by molar-refractivity contribution is 14.1. The fourth-order valence-electron chi connectivity index (χ4n) is 2.75. The van der Waals surface area contributed by atoms with Gasteiger partial charge < -0.3 is 4.74 Å². The van der Waals surface area contributed by atoms with Crippen LogP contribution in [0, 0.1) is 0 Å². The average Bonchev–Trinajstić information content (AvgIpc) is 3.14. The molecule has 0 saturated heterocycles. The monoisotopic (exact) mass is 517 g/mol. The van der Waals surface area contributed by atoms with Crippen LogP contribution in [0.15, 0.2) is 53.6 Å². The van der Waals surface area contributed by atoms with Crippen LogP contribution < -0.4 is 5.56 Å². The lowest BCUT2D eigenvalue weighted by atomic mass is 10.2. The lowest BCUT2D eigenvalue weighted by Gasteiger charge is -2.13. The molecule has 0 spiro atoms. The van der Waals surface area contributed by atoms with Gasteiger partial charge in [-0.05, 0) is 42.8 Å². The molecule has 2 aromatic heterocycles. The molecule has 29 heavy (non-hydrogen) atoms. The van der Waals surface area contributed by atoms with E-state index in [1.807, 2.05) is 0 Å². The SMILES string of the molecule is CCOC(=O)c1cnn(-c2ccc(-n3ccc(CI)cc3=O)cc2)c1C(F)(F)F. The Morgan fingerprint density at radius 2 is 1.83 bits per heavy atom. The minimum Gasteiger partial charge on any atom is -0.462 e. The molecule has 152 valence electrons. The van der Waals surface area contributed by atoms with E-state index in [-0.39, 0.29) is 17.9 Å². The second-order valence-corrected chi connectivity index (χ2v) is 6.69. The molecule has 0 N–H and O–H groups in total. The van der Waals surface area contributed by atoms with Crippen molar-refractivity contribution < 1.29 is 22.7 Å². The highest BCUT2D eigenvalue weighted by Gasteiger charge is 2.41. The van der Waals surface area contributed by atoms with Gasteiger partial charge in [0.15, 0.2) is 5.69 Å². The van der Waals surface area contributed by atoms with Gasteiger partial charge in [-0.3, -0.25) is 9.36 Å². The molecule has 0 aliphatic rings. The molecule has 0 radical (unpaired) electrons. The fraction of sp³-hybridized carbons (Fsp3) is 0.211. The second kappa shape index (κ2) is 8.39. The number of hydrogen-bond donors (Lipinski definition) is 0. The van der Waals surface area contributed by atoms with Crippen molar-refractivity contribution in [2.24, 2.45) is 0 Å². The quantitative estimate of drug-likeness (QED) is 0.290. The largest absolute Gasteiger partial charge is 0.462 e. The van der Waals surface area contributed by atoms with Crippen LogP contribution in [0.2, 0.25) is 0 Å². The summed E-state index contributed by atoms with van der Waals surface area (Å²) in [6, 6.07) is 9.10. The number of ether oxygens (including phenoxy) is 1. The van der Waals surface area contributed by atoms with Gasteiger partial charge in [-0.2, -0.15) is 18.3 Å². The molecule has 0 aliphatic carbocycles. The van der Waals surface area contributed by atoms with Crippen molar-refractivity contribution in [3.8, 4) is 11.4 Å². The lowest BCUT2D eigenvalue weighted by Crippen LogP contribution is -2.19. The van der Waals surface area contributed by atoms with E-state index < -0.39 is 23.4 Å². The van der Waals surface area contributed by atoms with Crippen molar-refractivity contribution in [1.29, 1.82) is 0 Å². The molecule has 10 heteroatoms. The third-order valence-corrected chi connectivity index (χ3v) is 4.92. The van der Waals surface area contributed by atoms with Crippen molar-refractivity contribution in [2.45, 2.75) is 17.5 Å². The number of benzene rings is 1.